The quantitative estimate of drug-likeness (QED) is 0.271. The van der Waals surface area contributed by atoms with Crippen LogP contribution in [-0.2, 0) is 14.4 Å². The number of nitrogens with one attached hydrogen (secondary N) is 1. The van der Waals surface area contributed by atoms with Crippen molar-refractivity contribution in [1.29, 1.82) is 0 Å². The Morgan fingerprint density at radius 2 is 2.06 bits per heavy atom. The molecule has 1 saturated carbocycles. The standard InChI is InChI=1S/C27H31N5O4/c1-18-4-7-21(12-22(18)26(36)32(17-33)23-8-9-24(34)30-25(23)35)31-15-20(16-31)6-5-19(13-28)14-29-27(2)10-3-11-27/h4,7,12-14,17,20,23H,3,8-11,15-16,28H2,1-2H3,(H,30,34,35). The third-order valence-electron chi connectivity index (χ3n) is 7.14. The van der Waals surface area contributed by atoms with Crippen LogP contribution in [0.5, 0.6) is 0 Å². The van der Waals surface area contributed by atoms with Crippen molar-refractivity contribution >= 4 is 36.0 Å². The van der Waals surface area contributed by atoms with Gasteiger partial charge in [0, 0.05) is 43.2 Å². The second-order valence-electron chi connectivity index (χ2n) is 9.89. The fourth-order valence-electron chi connectivity index (χ4n) is 4.51. The largest absolute Gasteiger partial charge is 0.404 e. The second-order valence-corrected chi connectivity index (χ2v) is 9.89. The molecule has 3 N–H and O–H groups in total. The first-order chi connectivity index (χ1) is 17.2. The van der Waals surface area contributed by atoms with Crippen LogP contribution in [0.15, 0.2) is 35.0 Å². The van der Waals surface area contributed by atoms with E-state index >= 15 is 0 Å². The topological polar surface area (TPSA) is 125 Å². The lowest BCUT2D eigenvalue weighted by Crippen LogP contribution is -2.54. The van der Waals surface area contributed by atoms with Crippen LogP contribution < -0.4 is 16.0 Å². The van der Waals surface area contributed by atoms with Gasteiger partial charge in [-0.1, -0.05) is 17.9 Å². The molecule has 0 bridgehead atoms. The summed E-state index contributed by atoms with van der Waals surface area (Å²) in [6.07, 6.45) is 7.18. The number of carbonyl (C=O) groups excluding carboxylic acids is 4. The molecule has 1 aliphatic carbocycles. The normalized spacial score (nSPS) is 21.7. The maximum Gasteiger partial charge on any atom is 0.261 e. The third kappa shape index (κ3) is 5.33. The van der Waals surface area contributed by atoms with Gasteiger partial charge in [-0.2, -0.15) is 0 Å². The number of anilines is 1. The van der Waals surface area contributed by atoms with E-state index in [-0.39, 0.29) is 24.3 Å². The number of aryl methyl sites for hydroxylation is 1. The molecule has 0 spiro atoms. The van der Waals surface area contributed by atoms with Crippen molar-refractivity contribution in [2.24, 2.45) is 16.6 Å². The number of hydrogen-bond donors (Lipinski definition) is 2. The lowest BCUT2D eigenvalue weighted by Gasteiger charge is -2.38. The molecular formula is C27H31N5O4. The molecule has 4 rings (SSSR count). The van der Waals surface area contributed by atoms with Crippen LogP contribution in [0.1, 0.15) is 54.9 Å². The van der Waals surface area contributed by atoms with E-state index in [9.17, 15) is 19.2 Å². The van der Waals surface area contributed by atoms with Crippen LogP contribution in [0.25, 0.3) is 0 Å². The van der Waals surface area contributed by atoms with Gasteiger partial charge in [-0.15, -0.1) is 0 Å². The molecule has 0 aromatic heterocycles. The molecule has 3 fully saturated rings. The number of allylic oxidation sites excluding steroid dienone is 1. The number of imide groups is 2. The number of carbonyl (C=O) groups is 4. The van der Waals surface area contributed by atoms with Crippen molar-refractivity contribution in [2.45, 2.75) is 57.5 Å². The Kier molecular flexibility index (Phi) is 7.25. The summed E-state index contributed by atoms with van der Waals surface area (Å²) < 4.78 is 0. The molecule has 1 atom stereocenters. The maximum absolute atomic E-state index is 13.2. The summed E-state index contributed by atoms with van der Waals surface area (Å²) in [5.74, 6) is 4.91. The summed E-state index contributed by atoms with van der Waals surface area (Å²) in [6.45, 7) is 5.31. The predicted octanol–water partition coefficient (Wildman–Crippen LogP) is 1.69. The van der Waals surface area contributed by atoms with Crippen molar-refractivity contribution in [1.82, 2.24) is 10.2 Å². The minimum atomic E-state index is -1.00. The third-order valence-corrected chi connectivity index (χ3v) is 7.14. The number of nitrogens with zero attached hydrogens (tertiary/aromatic N) is 3. The number of benzene rings is 1. The minimum Gasteiger partial charge on any atom is -0.404 e. The molecule has 9 heteroatoms. The van der Waals surface area contributed by atoms with Crippen LogP contribution in [0, 0.1) is 24.7 Å². The molecule has 2 heterocycles. The summed E-state index contributed by atoms with van der Waals surface area (Å²) in [5.41, 5.74) is 8.31. The Bertz CT molecular complexity index is 1200. The minimum absolute atomic E-state index is 0.0153. The van der Waals surface area contributed by atoms with Crippen molar-refractivity contribution < 1.29 is 19.2 Å². The van der Waals surface area contributed by atoms with E-state index in [4.69, 9.17) is 5.73 Å². The number of amides is 4. The number of aliphatic imine (C=N–C) groups is 1. The highest BCUT2D eigenvalue weighted by molar-refractivity contribution is 6.07. The molecule has 0 radical (unpaired) electrons. The second kappa shape index (κ2) is 10.4. The summed E-state index contributed by atoms with van der Waals surface area (Å²) in [5, 5.41) is 2.19. The van der Waals surface area contributed by atoms with Gasteiger partial charge in [-0.05, 0) is 57.2 Å². The van der Waals surface area contributed by atoms with Crippen molar-refractivity contribution in [3.8, 4) is 11.8 Å². The Hall–Kier alpha value is -3.93. The molecule has 1 aromatic rings. The van der Waals surface area contributed by atoms with Crippen LogP contribution in [-0.4, -0.2) is 59.9 Å². The SMILES string of the molecule is Cc1ccc(N2CC(C#CC(C=NC3(C)CCC3)=CN)C2)cc1C(=O)N(C=O)C1CCC(=O)NC1=O. The Balaban J connectivity index is 1.41. The molecule has 9 nitrogen and oxygen atoms in total. The van der Waals surface area contributed by atoms with E-state index in [0.29, 0.717) is 36.2 Å². The van der Waals surface area contributed by atoms with E-state index in [1.165, 1.54) is 12.6 Å². The molecule has 2 saturated heterocycles. The Morgan fingerprint density at radius 3 is 2.67 bits per heavy atom. The van der Waals surface area contributed by atoms with Crippen LogP contribution in [0.4, 0.5) is 5.69 Å². The molecule has 3 aliphatic rings. The van der Waals surface area contributed by atoms with Crippen molar-refractivity contribution in [2.75, 3.05) is 18.0 Å². The van der Waals surface area contributed by atoms with Gasteiger partial charge in [-0.3, -0.25) is 34.4 Å². The fourth-order valence-corrected chi connectivity index (χ4v) is 4.51. The average molecular weight is 490 g/mol. The molecule has 1 unspecified atom stereocenters. The first-order valence-electron chi connectivity index (χ1n) is 12.2. The fraction of sp³-hybridized carbons (Fsp3) is 0.444. The van der Waals surface area contributed by atoms with Gasteiger partial charge < -0.3 is 10.6 Å². The molecule has 2 aliphatic heterocycles. The average Bonchev–Trinajstić information content (AvgIpc) is 2.81. The molecule has 4 amide bonds. The van der Waals surface area contributed by atoms with E-state index in [2.05, 4.69) is 34.0 Å². The highest BCUT2D eigenvalue weighted by atomic mass is 16.2. The van der Waals surface area contributed by atoms with E-state index < -0.39 is 23.8 Å². The summed E-state index contributed by atoms with van der Waals surface area (Å²) in [6, 6.07) is 4.48. The van der Waals surface area contributed by atoms with E-state index in [0.717, 1.165) is 23.4 Å². The van der Waals surface area contributed by atoms with Crippen LogP contribution >= 0.6 is 0 Å². The zero-order chi connectivity index (χ0) is 25.9. The van der Waals surface area contributed by atoms with E-state index in [1.54, 1.807) is 19.2 Å². The van der Waals surface area contributed by atoms with Crippen molar-refractivity contribution in [3.05, 3.63) is 41.1 Å². The smallest absolute Gasteiger partial charge is 0.261 e. The number of piperidine rings is 1. The molecule has 1 aromatic carbocycles. The van der Waals surface area contributed by atoms with Gasteiger partial charge in [0.1, 0.15) is 6.04 Å². The lowest BCUT2D eigenvalue weighted by atomic mass is 9.79. The molecular weight excluding hydrogens is 458 g/mol. The maximum atomic E-state index is 13.2. The number of rotatable bonds is 6. The highest BCUT2D eigenvalue weighted by Gasteiger charge is 2.36. The summed E-state index contributed by atoms with van der Waals surface area (Å²) >= 11 is 0. The Labute approximate surface area is 210 Å². The zero-order valence-electron chi connectivity index (χ0n) is 20.6. The molecule has 36 heavy (non-hydrogen) atoms. The van der Waals surface area contributed by atoms with Gasteiger partial charge in [-0.25, -0.2) is 0 Å². The Morgan fingerprint density at radius 1 is 1.31 bits per heavy atom. The summed E-state index contributed by atoms with van der Waals surface area (Å²) in [4.78, 5) is 56.2. The summed E-state index contributed by atoms with van der Waals surface area (Å²) in [7, 11) is 0. The van der Waals surface area contributed by atoms with Gasteiger partial charge in [0.2, 0.25) is 18.2 Å². The van der Waals surface area contributed by atoms with Crippen molar-refractivity contribution in [3.63, 3.8) is 0 Å². The van der Waals surface area contributed by atoms with Crippen LogP contribution in [0.2, 0.25) is 0 Å². The first-order valence-corrected chi connectivity index (χ1v) is 12.2. The van der Waals surface area contributed by atoms with Gasteiger partial charge in [0.05, 0.1) is 17.0 Å². The van der Waals surface area contributed by atoms with Gasteiger partial charge in [0.25, 0.3) is 5.91 Å². The monoisotopic (exact) mass is 489 g/mol. The number of nitrogens with two attached hydrogens (primary N) is 1. The lowest BCUT2D eigenvalue weighted by molar-refractivity contribution is -0.139. The van der Waals surface area contributed by atoms with Gasteiger partial charge in [0.15, 0.2) is 0 Å². The number of hydrogen-bond acceptors (Lipinski definition) is 7. The molecule has 188 valence electrons. The first kappa shape index (κ1) is 25.2. The zero-order valence-corrected chi connectivity index (χ0v) is 20.6. The van der Waals surface area contributed by atoms with E-state index in [1.807, 2.05) is 12.1 Å². The van der Waals surface area contributed by atoms with Crippen LogP contribution in [0.3, 0.4) is 0 Å². The predicted molar refractivity (Wildman–Crippen MR) is 136 cm³/mol. The van der Waals surface area contributed by atoms with Gasteiger partial charge >= 0.3 is 0 Å². The highest BCUT2D eigenvalue weighted by Crippen LogP contribution is 2.34.